The van der Waals surface area contributed by atoms with Gasteiger partial charge in [-0.3, -0.25) is 9.59 Å². The molecule has 0 aliphatic carbocycles. The molecule has 0 spiro atoms. The Balaban J connectivity index is 1.85. The number of likely N-dealkylation sites (tertiary alicyclic amines) is 1. The SMILES string of the molecule is O=C(NC1CCNC1)C1CC(=O)N(CC(F)(F)F)C1. The van der Waals surface area contributed by atoms with Gasteiger partial charge in [0.1, 0.15) is 6.54 Å². The fourth-order valence-electron chi connectivity index (χ4n) is 2.41. The van der Waals surface area contributed by atoms with Crippen LogP contribution in [-0.2, 0) is 9.59 Å². The van der Waals surface area contributed by atoms with Gasteiger partial charge in [0.25, 0.3) is 0 Å². The average molecular weight is 279 g/mol. The third kappa shape index (κ3) is 3.82. The molecule has 2 rings (SSSR count). The van der Waals surface area contributed by atoms with Crippen molar-refractivity contribution in [2.75, 3.05) is 26.2 Å². The van der Waals surface area contributed by atoms with Gasteiger partial charge in [0.05, 0.1) is 5.92 Å². The molecule has 2 fully saturated rings. The Morgan fingerprint density at radius 3 is 2.79 bits per heavy atom. The quantitative estimate of drug-likeness (QED) is 0.757. The molecule has 2 unspecified atom stereocenters. The van der Waals surface area contributed by atoms with E-state index in [1.807, 2.05) is 0 Å². The number of carbonyl (C=O) groups is 2. The third-order valence-electron chi connectivity index (χ3n) is 3.36. The molecule has 2 N–H and O–H groups in total. The summed E-state index contributed by atoms with van der Waals surface area (Å²) in [5, 5.41) is 5.84. The second kappa shape index (κ2) is 5.36. The van der Waals surface area contributed by atoms with E-state index >= 15 is 0 Å². The van der Waals surface area contributed by atoms with Crippen molar-refractivity contribution in [3.8, 4) is 0 Å². The first-order valence-corrected chi connectivity index (χ1v) is 6.21. The van der Waals surface area contributed by atoms with Crippen molar-refractivity contribution in [2.24, 2.45) is 5.92 Å². The monoisotopic (exact) mass is 279 g/mol. The number of hydrogen-bond acceptors (Lipinski definition) is 3. The highest BCUT2D eigenvalue weighted by Crippen LogP contribution is 2.24. The van der Waals surface area contributed by atoms with E-state index in [1.165, 1.54) is 0 Å². The summed E-state index contributed by atoms with van der Waals surface area (Å²) in [6.07, 6.45) is -3.75. The Morgan fingerprint density at radius 2 is 2.21 bits per heavy atom. The predicted octanol–water partition coefficient (Wildman–Crippen LogP) is -0.125. The van der Waals surface area contributed by atoms with Crippen LogP contribution in [0.1, 0.15) is 12.8 Å². The van der Waals surface area contributed by atoms with Crippen LogP contribution < -0.4 is 10.6 Å². The van der Waals surface area contributed by atoms with Crippen LogP contribution in [0.5, 0.6) is 0 Å². The summed E-state index contributed by atoms with van der Waals surface area (Å²) in [4.78, 5) is 24.0. The predicted molar refractivity (Wildman–Crippen MR) is 60.2 cm³/mol. The molecule has 108 valence electrons. The Hall–Kier alpha value is -1.31. The highest BCUT2D eigenvalue weighted by molar-refractivity contribution is 5.89. The molecule has 5 nitrogen and oxygen atoms in total. The van der Waals surface area contributed by atoms with Crippen molar-refractivity contribution in [3.63, 3.8) is 0 Å². The van der Waals surface area contributed by atoms with E-state index in [9.17, 15) is 22.8 Å². The molecule has 0 bridgehead atoms. The normalized spacial score (nSPS) is 27.9. The van der Waals surface area contributed by atoms with Crippen molar-refractivity contribution in [3.05, 3.63) is 0 Å². The van der Waals surface area contributed by atoms with Gasteiger partial charge in [-0.25, -0.2) is 0 Å². The zero-order valence-corrected chi connectivity index (χ0v) is 10.3. The number of hydrogen-bond donors (Lipinski definition) is 2. The molecule has 0 aromatic rings. The summed E-state index contributed by atoms with van der Waals surface area (Å²) in [5.41, 5.74) is 0. The van der Waals surface area contributed by atoms with Gasteiger partial charge < -0.3 is 15.5 Å². The van der Waals surface area contributed by atoms with E-state index in [2.05, 4.69) is 10.6 Å². The smallest absolute Gasteiger partial charge is 0.352 e. The number of halogens is 3. The topological polar surface area (TPSA) is 61.4 Å². The van der Waals surface area contributed by atoms with E-state index in [1.54, 1.807) is 0 Å². The minimum absolute atomic E-state index is 0.0132. The van der Waals surface area contributed by atoms with Crippen LogP contribution in [-0.4, -0.2) is 55.1 Å². The van der Waals surface area contributed by atoms with E-state index in [0.717, 1.165) is 13.0 Å². The first-order valence-electron chi connectivity index (χ1n) is 6.21. The van der Waals surface area contributed by atoms with Crippen molar-refractivity contribution in [1.82, 2.24) is 15.5 Å². The van der Waals surface area contributed by atoms with Crippen LogP contribution >= 0.6 is 0 Å². The second-order valence-corrected chi connectivity index (χ2v) is 4.99. The molecule has 0 radical (unpaired) electrons. The van der Waals surface area contributed by atoms with Gasteiger partial charge in [-0.15, -0.1) is 0 Å². The van der Waals surface area contributed by atoms with Crippen LogP contribution in [0.4, 0.5) is 13.2 Å². The largest absolute Gasteiger partial charge is 0.406 e. The Labute approximate surface area is 108 Å². The fraction of sp³-hybridized carbons (Fsp3) is 0.818. The maximum absolute atomic E-state index is 12.2. The van der Waals surface area contributed by atoms with E-state index in [0.29, 0.717) is 11.4 Å². The zero-order valence-electron chi connectivity index (χ0n) is 10.3. The number of nitrogens with zero attached hydrogens (tertiary/aromatic N) is 1. The van der Waals surface area contributed by atoms with Crippen molar-refractivity contribution in [1.29, 1.82) is 0 Å². The highest BCUT2D eigenvalue weighted by Gasteiger charge is 2.40. The lowest BCUT2D eigenvalue weighted by Gasteiger charge is -2.19. The molecule has 2 aliphatic rings. The van der Waals surface area contributed by atoms with Gasteiger partial charge in [0.15, 0.2) is 0 Å². The van der Waals surface area contributed by atoms with Crippen LogP contribution in [0, 0.1) is 5.92 Å². The zero-order chi connectivity index (χ0) is 14.0. The Kier molecular flexibility index (Phi) is 3.98. The van der Waals surface area contributed by atoms with Gasteiger partial charge >= 0.3 is 6.18 Å². The van der Waals surface area contributed by atoms with Crippen LogP contribution in [0.25, 0.3) is 0 Å². The van der Waals surface area contributed by atoms with E-state index in [-0.39, 0.29) is 24.9 Å². The number of amides is 2. The van der Waals surface area contributed by atoms with Gasteiger partial charge in [0.2, 0.25) is 11.8 Å². The van der Waals surface area contributed by atoms with Gasteiger partial charge in [-0.1, -0.05) is 0 Å². The summed E-state index contributed by atoms with van der Waals surface area (Å²) in [5.74, 6) is -1.61. The van der Waals surface area contributed by atoms with Crippen molar-refractivity contribution in [2.45, 2.75) is 25.1 Å². The second-order valence-electron chi connectivity index (χ2n) is 4.99. The molecule has 2 amide bonds. The minimum atomic E-state index is -4.42. The van der Waals surface area contributed by atoms with Gasteiger partial charge in [0, 0.05) is 25.6 Å². The molecule has 0 saturated carbocycles. The highest BCUT2D eigenvalue weighted by atomic mass is 19.4. The van der Waals surface area contributed by atoms with Gasteiger partial charge in [-0.05, 0) is 13.0 Å². The van der Waals surface area contributed by atoms with E-state index < -0.39 is 24.5 Å². The fourth-order valence-corrected chi connectivity index (χ4v) is 2.41. The molecule has 2 aliphatic heterocycles. The molecule has 0 aromatic heterocycles. The lowest BCUT2D eigenvalue weighted by atomic mass is 10.1. The molecule has 2 saturated heterocycles. The molecule has 19 heavy (non-hydrogen) atoms. The maximum Gasteiger partial charge on any atom is 0.406 e. The average Bonchev–Trinajstić information content (AvgIpc) is 2.88. The molecule has 2 heterocycles. The standard InChI is InChI=1S/C11H16F3N3O2/c12-11(13,14)6-17-5-7(3-9(17)18)10(19)16-8-1-2-15-4-8/h7-8,15H,1-6H2,(H,16,19). The van der Waals surface area contributed by atoms with Crippen LogP contribution in [0.2, 0.25) is 0 Å². The molecular formula is C11H16F3N3O2. The lowest BCUT2D eigenvalue weighted by molar-refractivity contribution is -0.157. The summed E-state index contributed by atoms with van der Waals surface area (Å²) in [7, 11) is 0. The molecule has 8 heteroatoms. The lowest BCUT2D eigenvalue weighted by Crippen LogP contribution is -2.41. The Morgan fingerprint density at radius 1 is 1.47 bits per heavy atom. The third-order valence-corrected chi connectivity index (χ3v) is 3.36. The number of nitrogens with one attached hydrogen (secondary N) is 2. The van der Waals surface area contributed by atoms with E-state index in [4.69, 9.17) is 0 Å². The molecule has 2 atom stereocenters. The summed E-state index contributed by atoms with van der Waals surface area (Å²) < 4.78 is 36.7. The maximum atomic E-state index is 12.2. The summed E-state index contributed by atoms with van der Waals surface area (Å²) in [6, 6.07) is 0.0132. The Bertz CT molecular complexity index is 367. The van der Waals surface area contributed by atoms with Crippen LogP contribution in [0.15, 0.2) is 0 Å². The van der Waals surface area contributed by atoms with Crippen molar-refractivity contribution < 1.29 is 22.8 Å². The number of rotatable bonds is 3. The van der Waals surface area contributed by atoms with Crippen LogP contribution in [0.3, 0.4) is 0 Å². The molecule has 0 aromatic carbocycles. The summed E-state index contributed by atoms with van der Waals surface area (Å²) in [6.45, 7) is 0.0539. The first-order chi connectivity index (χ1) is 8.85. The number of carbonyl (C=O) groups excluding carboxylic acids is 2. The van der Waals surface area contributed by atoms with Gasteiger partial charge in [-0.2, -0.15) is 13.2 Å². The molecular weight excluding hydrogens is 263 g/mol. The van der Waals surface area contributed by atoms with Crippen molar-refractivity contribution >= 4 is 11.8 Å². The number of alkyl halides is 3. The first kappa shape index (κ1) is 14.1. The summed E-state index contributed by atoms with van der Waals surface area (Å²) >= 11 is 0. The minimum Gasteiger partial charge on any atom is -0.352 e.